The molecule has 10 heteroatoms. The van der Waals surface area contributed by atoms with E-state index in [9.17, 15) is 28.0 Å². The van der Waals surface area contributed by atoms with Crippen LogP contribution in [-0.2, 0) is 15.1 Å². The summed E-state index contributed by atoms with van der Waals surface area (Å²) in [6.45, 7) is 0.581. The first-order valence-electron chi connectivity index (χ1n) is 8.87. The summed E-state index contributed by atoms with van der Waals surface area (Å²) in [6.07, 6.45) is 0. The molecule has 0 spiro atoms. The molecule has 30 heavy (non-hydrogen) atoms. The molecular formula is C20H18F2N4O4. The maximum Gasteiger partial charge on any atom is 0.325 e. The molecule has 0 aliphatic carbocycles. The maximum atomic E-state index is 14.2. The van der Waals surface area contributed by atoms with Crippen molar-refractivity contribution in [3.63, 3.8) is 0 Å². The third-order valence-electron chi connectivity index (χ3n) is 4.68. The molecule has 1 aliphatic rings. The van der Waals surface area contributed by atoms with E-state index in [1.165, 1.54) is 26.1 Å². The molecule has 2 aromatic rings. The molecular weight excluding hydrogens is 398 g/mol. The number of rotatable bonds is 5. The van der Waals surface area contributed by atoms with E-state index in [4.69, 9.17) is 0 Å². The van der Waals surface area contributed by atoms with Crippen LogP contribution in [0.15, 0.2) is 42.5 Å². The zero-order valence-electron chi connectivity index (χ0n) is 16.1. The average molecular weight is 416 g/mol. The second-order valence-corrected chi connectivity index (χ2v) is 6.78. The minimum absolute atomic E-state index is 0.284. The molecule has 0 radical (unpaired) electrons. The van der Waals surface area contributed by atoms with E-state index in [1.807, 2.05) is 0 Å². The molecule has 3 N–H and O–H groups in total. The zero-order valence-corrected chi connectivity index (χ0v) is 16.1. The lowest BCUT2D eigenvalue weighted by Crippen LogP contribution is -2.42. The van der Waals surface area contributed by atoms with Gasteiger partial charge in [0.25, 0.3) is 11.8 Å². The molecule has 3 rings (SSSR count). The Morgan fingerprint density at radius 2 is 1.87 bits per heavy atom. The zero-order chi connectivity index (χ0) is 22.1. The van der Waals surface area contributed by atoms with Crippen LogP contribution in [0.3, 0.4) is 0 Å². The van der Waals surface area contributed by atoms with E-state index in [2.05, 4.69) is 16.0 Å². The van der Waals surface area contributed by atoms with Gasteiger partial charge >= 0.3 is 6.03 Å². The van der Waals surface area contributed by atoms with Crippen molar-refractivity contribution >= 4 is 29.4 Å². The number of nitrogens with zero attached hydrogens (tertiary/aromatic N) is 1. The second kappa shape index (κ2) is 7.90. The first-order valence-corrected chi connectivity index (χ1v) is 8.87. The molecule has 1 heterocycles. The highest BCUT2D eigenvalue weighted by molar-refractivity contribution is 6.10. The van der Waals surface area contributed by atoms with Gasteiger partial charge in [0.05, 0.1) is 0 Å². The van der Waals surface area contributed by atoms with Crippen LogP contribution < -0.4 is 16.0 Å². The van der Waals surface area contributed by atoms with Gasteiger partial charge in [0.15, 0.2) is 0 Å². The fraction of sp³-hybridized carbons (Fsp3) is 0.200. The largest absolute Gasteiger partial charge is 0.355 e. The SMILES string of the molecule is CNC(=O)c1cccc(NC(=O)CN2C(=O)N[C@@](C)(c3cc(F)ccc3F)C2=O)c1. The van der Waals surface area contributed by atoms with Crippen LogP contribution in [-0.4, -0.2) is 42.2 Å². The van der Waals surface area contributed by atoms with Crippen LogP contribution in [0.25, 0.3) is 0 Å². The van der Waals surface area contributed by atoms with Gasteiger partial charge < -0.3 is 16.0 Å². The van der Waals surface area contributed by atoms with Crippen LogP contribution in [0.4, 0.5) is 19.3 Å². The Morgan fingerprint density at radius 1 is 1.13 bits per heavy atom. The van der Waals surface area contributed by atoms with E-state index in [-0.39, 0.29) is 17.2 Å². The van der Waals surface area contributed by atoms with E-state index in [0.717, 1.165) is 18.2 Å². The fourth-order valence-corrected chi connectivity index (χ4v) is 3.13. The van der Waals surface area contributed by atoms with Crippen molar-refractivity contribution in [1.82, 2.24) is 15.5 Å². The predicted octanol–water partition coefficient (Wildman–Crippen LogP) is 1.73. The third kappa shape index (κ3) is 3.84. The smallest absolute Gasteiger partial charge is 0.325 e. The Morgan fingerprint density at radius 3 is 2.57 bits per heavy atom. The van der Waals surface area contributed by atoms with Gasteiger partial charge in [-0.15, -0.1) is 0 Å². The van der Waals surface area contributed by atoms with Crippen LogP contribution in [0.5, 0.6) is 0 Å². The first-order chi connectivity index (χ1) is 14.2. The molecule has 0 saturated carbocycles. The summed E-state index contributed by atoms with van der Waals surface area (Å²) in [6, 6.07) is 7.70. The number of amides is 5. The number of carbonyl (C=O) groups is 4. The molecule has 1 fully saturated rings. The number of hydrogen-bond acceptors (Lipinski definition) is 4. The van der Waals surface area contributed by atoms with Gasteiger partial charge in [0.1, 0.15) is 23.7 Å². The standard InChI is InChI=1S/C20H18F2N4O4/c1-20(14-9-12(21)6-7-15(14)22)18(29)26(19(30)25-20)10-16(27)24-13-5-3-4-11(8-13)17(28)23-2/h3-9H,10H2,1-2H3,(H,23,28)(H,24,27)(H,25,30)/t20-/m0/s1. The molecule has 1 atom stereocenters. The highest BCUT2D eigenvalue weighted by Gasteiger charge is 2.50. The van der Waals surface area contributed by atoms with Crippen LogP contribution >= 0.6 is 0 Å². The molecule has 5 amide bonds. The lowest BCUT2D eigenvalue weighted by atomic mass is 9.91. The predicted molar refractivity (Wildman–Crippen MR) is 102 cm³/mol. The lowest BCUT2D eigenvalue weighted by Gasteiger charge is -2.22. The minimum atomic E-state index is -1.86. The average Bonchev–Trinajstić information content (AvgIpc) is 2.93. The summed E-state index contributed by atoms with van der Waals surface area (Å²) in [7, 11) is 1.46. The Kier molecular flexibility index (Phi) is 5.50. The third-order valence-corrected chi connectivity index (χ3v) is 4.68. The molecule has 0 aromatic heterocycles. The Labute approximate surface area is 170 Å². The summed E-state index contributed by atoms with van der Waals surface area (Å²) in [5.41, 5.74) is -1.61. The monoisotopic (exact) mass is 416 g/mol. The molecule has 2 aromatic carbocycles. The molecule has 1 aliphatic heterocycles. The van der Waals surface area contributed by atoms with E-state index in [0.29, 0.717) is 10.5 Å². The van der Waals surface area contributed by atoms with Crippen molar-refractivity contribution in [2.75, 3.05) is 18.9 Å². The number of urea groups is 1. The molecule has 156 valence electrons. The first kappa shape index (κ1) is 20.9. The van der Waals surface area contributed by atoms with E-state index < -0.39 is 41.6 Å². The summed E-state index contributed by atoms with van der Waals surface area (Å²) in [5.74, 6) is -3.61. The number of hydrogen-bond donors (Lipinski definition) is 3. The van der Waals surface area contributed by atoms with Gasteiger partial charge in [-0.05, 0) is 43.3 Å². The van der Waals surface area contributed by atoms with Crippen molar-refractivity contribution < 1.29 is 28.0 Å². The topological polar surface area (TPSA) is 108 Å². The van der Waals surface area contributed by atoms with E-state index in [1.54, 1.807) is 12.1 Å². The van der Waals surface area contributed by atoms with Crippen molar-refractivity contribution in [3.8, 4) is 0 Å². The van der Waals surface area contributed by atoms with Gasteiger partial charge in [-0.2, -0.15) is 0 Å². The number of imide groups is 1. The minimum Gasteiger partial charge on any atom is -0.355 e. The quantitative estimate of drug-likeness (QED) is 0.645. The van der Waals surface area contributed by atoms with Crippen molar-refractivity contribution in [1.29, 1.82) is 0 Å². The highest BCUT2D eigenvalue weighted by Crippen LogP contribution is 2.31. The molecule has 8 nitrogen and oxygen atoms in total. The summed E-state index contributed by atoms with van der Waals surface area (Å²) < 4.78 is 27.7. The molecule has 1 saturated heterocycles. The Bertz CT molecular complexity index is 1060. The van der Waals surface area contributed by atoms with Crippen LogP contribution in [0.2, 0.25) is 0 Å². The van der Waals surface area contributed by atoms with Crippen molar-refractivity contribution in [3.05, 3.63) is 65.2 Å². The number of nitrogens with one attached hydrogen (secondary N) is 3. The second-order valence-electron chi connectivity index (χ2n) is 6.78. The van der Waals surface area contributed by atoms with E-state index >= 15 is 0 Å². The van der Waals surface area contributed by atoms with Crippen molar-refractivity contribution in [2.24, 2.45) is 0 Å². The van der Waals surface area contributed by atoms with Gasteiger partial charge in [0.2, 0.25) is 5.91 Å². The Hall–Kier alpha value is -3.82. The van der Waals surface area contributed by atoms with Gasteiger partial charge in [0, 0.05) is 23.9 Å². The Balaban J connectivity index is 1.77. The summed E-state index contributed by atoms with van der Waals surface area (Å²) in [5, 5.41) is 7.25. The van der Waals surface area contributed by atoms with Crippen LogP contribution in [0.1, 0.15) is 22.8 Å². The van der Waals surface area contributed by atoms with Gasteiger partial charge in [-0.3, -0.25) is 19.3 Å². The highest BCUT2D eigenvalue weighted by atomic mass is 19.1. The van der Waals surface area contributed by atoms with Gasteiger partial charge in [-0.25, -0.2) is 13.6 Å². The number of benzene rings is 2. The van der Waals surface area contributed by atoms with Crippen LogP contribution in [0, 0.1) is 11.6 Å². The maximum absolute atomic E-state index is 14.2. The molecule has 0 bridgehead atoms. The number of halogens is 2. The fourth-order valence-electron chi connectivity index (χ4n) is 3.13. The number of carbonyl (C=O) groups excluding carboxylic acids is 4. The summed E-state index contributed by atoms with van der Waals surface area (Å²) in [4.78, 5) is 49.7. The van der Waals surface area contributed by atoms with Crippen molar-refractivity contribution in [2.45, 2.75) is 12.5 Å². The lowest BCUT2D eigenvalue weighted by molar-refractivity contribution is -0.133. The number of anilines is 1. The normalized spacial score (nSPS) is 18.2. The molecule has 0 unspecified atom stereocenters. The summed E-state index contributed by atoms with van der Waals surface area (Å²) >= 11 is 0. The van der Waals surface area contributed by atoms with Gasteiger partial charge in [-0.1, -0.05) is 6.07 Å².